The molecule has 4 rings (SSSR count). The maximum absolute atomic E-state index is 13.2. The van der Waals surface area contributed by atoms with Crippen molar-refractivity contribution < 1.29 is 19.4 Å². The number of hydrogen-bond donors (Lipinski definition) is 2. The Bertz CT molecular complexity index is 1520. The zero-order valence-corrected chi connectivity index (χ0v) is 25.8. The molecule has 1 amide bonds. The molecular weight excluding hydrogens is 512 g/mol. The Morgan fingerprint density at radius 1 is 0.829 bits per heavy atom. The highest BCUT2D eigenvalue weighted by atomic mass is 16.5. The summed E-state index contributed by atoms with van der Waals surface area (Å²) in [5, 5.41) is 13.4. The van der Waals surface area contributed by atoms with Crippen LogP contribution >= 0.6 is 0 Å². The van der Waals surface area contributed by atoms with Gasteiger partial charge in [0.2, 0.25) is 0 Å². The van der Waals surface area contributed by atoms with Crippen LogP contribution in [-0.4, -0.2) is 27.7 Å². The second kappa shape index (κ2) is 13.5. The number of carboxylic acid groups (broad SMARTS) is 1. The van der Waals surface area contributed by atoms with E-state index in [2.05, 4.69) is 62.7 Å². The van der Waals surface area contributed by atoms with E-state index in [1.807, 2.05) is 63.2 Å². The third-order valence-electron chi connectivity index (χ3n) is 7.64. The van der Waals surface area contributed by atoms with E-state index in [-0.39, 0.29) is 18.0 Å². The molecular formula is C35H44N2O4. The molecule has 0 saturated heterocycles. The molecule has 2 N–H and O–H groups in total. The fourth-order valence-electron chi connectivity index (χ4n) is 5.05. The summed E-state index contributed by atoms with van der Waals surface area (Å²) in [4.78, 5) is 24.5. The number of rotatable bonds is 9. The van der Waals surface area contributed by atoms with Crippen LogP contribution in [0.5, 0.6) is 5.75 Å². The summed E-state index contributed by atoms with van der Waals surface area (Å²) >= 11 is 0. The second-order valence-corrected chi connectivity index (χ2v) is 10.7. The summed E-state index contributed by atoms with van der Waals surface area (Å²) < 4.78 is 7.85. The Hall–Kier alpha value is -4.06. The van der Waals surface area contributed by atoms with E-state index < -0.39 is 12.1 Å². The van der Waals surface area contributed by atoms with Crippen LogP contribution in [-0.2, 0) is 4.79 Å². The van der Waals surface area contributed by atoms with E-state index in [0.29, 0.717) is 17.2 Å². The van der Waals surface area contributed by atoms with Crippen molar-refractivity contribution >= 4 is 22.8 Å². The van der Waals surface area contributed by atoms with Gasteiger partial charge in [-0.05, 0) is 93.1 Å². The van der Waals surface area contributed by atoms with Crippen LogP contribution in [0.1, 0.15) is 105 Å². The first-order chi connectivity index (χ1) is 19.5. The Morgan fingerprint density at radius 3 is 2.12 bits per heavy atom. The molecule has 6 nitrogen and oxygen atoms in total. The Morgan fingerprint density at radius 2 is 1.46 bits per heavy atom. The van der Waals surface area contributed by atoms with Gasteiger partial charge in [0.1, 0.15) is 5.75 Å². The highest BCUT2D eigenvalue weighted by Crippen LogP contribution is 2.33. The molecule has 0 aliphatic heterocycles. The Labute approximate surface area is 244 Å². The first-order valence-corrected chi connectivity index (χ1v) is 14.5. The summed E-state index contributed by atoms with van der Waals surface area (Å²) in [6, 6.07) is 21.7. The molecule has 0 radical (unpaired) electrons. The highest BCUT2D eigenvalue weighted by molar-refractivity contribution is 5.99. The highest BCUT2D eigenvalue weighted by Gasteiger charge is 2.20. The molecule has 0 aliphatic rings. The lowest BCUT2D eigenvalue weighted by molar-refractivity contribution is -0.144. The molecule has 4 aromatic rings. The van der Waals surface area contributed by atoms with Crippen molar-refractivity contribution in [2.45, 2.75) is 86.4 Å². The second-order valence-electron chi connectivity index (χ2n) is 10.7. The van der Waals surface area contributed by atoms with E-state index >= 15 is 0 Å². The van der Waals surface area contributed by atoms with Crippen molar-refractivity contribution in [3.63, 3.8) is 0 Å². The average molecular weight is 557 g/mol. The van der Waals surface area contributed by atoms with Gasteiger partial charge in [-0.25, -0.2) is 4.79 Å². The maximum Gasteiger partial charge on any atom is 0.344 e. The predicted octanol–water partition coefficient (Wildman–Crippen LogP) is 8.36. The van der Waals surface area contributed by atoms with Gasteiger partial charge in [-0.1, -0.05) is 64.1 Å². The van der Waals surface area contributed by atoms with Crippen molar-refractivity contribution in [3.05, 3.63) is 100 Å². The molecule has 0 aliphatic carbocycles. The van der Waals surface area contributed by atoms with Crippen LogP contribution in [0, 0.1) is 13.8 Å². The quantitative estimate of drug-likeness (QED) is 0.217. The van der Waals surface area contributed by atoms with Crippen molar-refractivity contribution in [2.24, 2.45) is 0 Å². The smallest absolute Gasteiger partial charge is 0.344 e. The summed E-state index contributed by atoms with van der Waals surface area (Å²) in [5.41, 5.74) is 7.24. The summed E-state index contributed by atoms with van der Waals surface area (Å²) in [5.74, 6) is -0.160. The minimum absolute atomic E-state index is 0.0298. The molecule has 0 saturated carbocycles. The zero-order chi connectivity index (χ0) is 30.4. The van der Waals surface area contributed by atoms with Gasteiger partial charge in [-0.15, -0.1) is 0 Å². The van der Waals surface area contributed by atoms with Crippen molar-refractivity contribution in [1.29, 1.82) is 0 Å². The standard InChI is InChI=1S/C33H38N2O4.C2H6/c1-19(2)25-10-8-11-26(16-25)21(4)34-32(36)28-14-15-31-30(18-28)20(3)22(5)35(31)23(6)27-12-9-13-29(17-27)39-24(7)33(37)38;1-2/h8-19,21,23-24H,1-7H3,(H,34,36)(H,37,38);1-2H3/t21-,23?,24-;/m0./s1. The lowest BCUT2D eigenvalue weighted by atomic mass is 9.98. The normalized spacial score (nSPS) is 13.2. The average Bonchev–Trinajstić information content (AvgIpc) is 3.22. The van der Waals surface area contributed by atoms with Crippen molar-refractivity contribution in [1.82, 2.24) is 9.88 Å². The number of carboxylic acids is 1. The number of aromatic nitrogens is 1. The number of ether oxygens (including phenoxy) is 1. The fourth-order valence-corrected chi connectivity index (χ4v) is 5.05. The molecule has 6 heteroatoms. The van der Waals surface area contributed by atoms with Crippen LogP contribution in [0.2, 0.25) is 0 Å². The maximum atomic E-state index is 13.2. The number of aliphatic carboxylic acids is 1. The third-order valence-corrected chi connectivity index (χ3v) is 7.64. The number of carbonyl (C=O) groups is 2. The molecule has 3 atom stereocenters. The number of fused-ring (bicyclic) bond motifs is 1. The van der Waals surface area contributed by atoms with Crippen molar-refractivity contribution in [3.8, 4) is 5.75 Å². The zero-order valence-electron chi connectivity index (χ0n) is 25.8. The first kappa shape index (κ1) is 31.5. The number of aryl methyl sites for hydroxylation is 1. The molecule has 0 bridgehead atoms. The Balaban J connectivity index is 0.00000226. The van der Waals surface area contributed by atoms with Gasteiger partial charge >= 0.3 is 5.97 Å². The van der Waals surface area contributed by atoms with E-state index in [0.717, 1.165) is 33.3 Å². The lowest BCUT2D eigenvalue weighted by Gasteiger charge is -2.20. The van der Waals surface area contributed by atoms with E-state index in [9.17, 15) is 14.7 Å². The van der Waals surface area contributed by atoms with Gasteiger partial charge in [-0.2, -0.15) is 0 Å². The van der Waals surface area contributed by atoms with Gasteiger partial charge in [-0.3, -0.25) is 4.79 Å². The fraction of sp³-hybridized carbons (Fsp3) is 0.371. The largest absolute Gasteiger partial charge is 0.479 e. The summed E-state index contributed by atoms with van der Waals surface area (Å²) in [7, 11) is 0. The van der Waals surface area contributed by atoms with Crippen LogP contribution in [0.4, 0.5) is 0 Å². The topological polar surface area (TPSA) is 80.6 Å². The molecule has 1 aromatic heterocycles. The van der Waals surface area contributed by atoms with Crippen LogP contribution in [0.3, 0.4) is 0 Å². The van der Waals surface area contributed by atoms with Crippen LogP contribution in [0.25, 0.3) is 10.9 Å². The lowest BCUT2D eigenvalue weighted by Crippen LogP contribution is -2.26. The van der Waals surface area contributed by atoms with Crippen LogP contribution in [0.15, 0.2) is 66.7 Å². The SMILES string of the molecule is CC.Cc1c(C)n(C(C)c2cccc(O[C@@H](C)C(=O)O)c2)c2ccc(C(=O)N[C@@H](C)c3cccc(C(C)C)c3)cc12. The summed E-state index contributed by atoms with van der Waals surface area (Å²) in [6.07, 6.45) is -0.932. The van der Waals surface area contributed by atoms with E-state index in [1.165, 1.54) is 12.5 Å². The molecule has 1 heterocycles. The minimum Gasteiger partial charge on any atom is -0.479 e. The van der Waals surface area contributed by atoms with Gasteiger partial charge < -0.3 is 19.7 Å². The molecule has 1 unspecified atom stereocenters. The van der Waals surface area contributed by atoms with Crippen LogP contribution < -0.4 is 10.1 Å². The predicted molar refractivity (Wildman–Crippen MR) is 167 cm³/mol. The third kappa shape index (κ3) is 6.99. The Kier molecular flexibility index (Phi) is 10.4. The molecule has 41 heavy (non-hydrogen) atoms. The van der Waals surface area contributed by atoms with Gasteiger partial charge in [0.05, 0.1) is 12.1 Å². The number of amides is 1. The number of benzene rings is 3. The first-order valence-electron chi connectivity index (χ1n) is 14.5. The molecule has 218 valence electrons. The minimum atomic E-state index is -1.00. The van der Waals surface area contributed by atoms with E-state index in [1.54, 1.807) is 6.07 Å². The van der Waals surface area contributed by atoms with Gasteiger partial charge in [0.15, 0.2) is 6.10 Å². The number of carbonyl (C=O) groups excluding carboxylic acids is 1. The summed E-state index contributed by atoms with van der Waals surface area (Å²) in [6.45, 7) is 18.1. The number of nitrogens with zero attached hydrogens (tertiary/aromatic N) is 1. The molecule has 0 fully saturated rings. The molecule has 0 spiro atoms. The van der Waals surface area contributed by atoms with Gasteiger partial charge in [0, 0.05) is 22.2 Å². The number of hydrogen-bond acceptors (Lipinski definition) is 3. The van der Waals surface area contributed by atoms with Gasteiger partial charge in [0.25, 0.3) is 5.91 Å². The monoisotopic (exact) mass is 556 g/mol. The number of nitrogens with one attached hydrogen (secondary N) is 1. The molecule has 3 aromatic carbocycles. The van der Waals surface area contributed by atoms with E-state index in [4.69, 9.17) is 4.74 Å². The van der Waals surface area contributed by atoms with Crippen molar-refractivity contribution in [2.75, 3.05) is 0 Å².